The number of thiazole rings is 1. The van der Waals surface area contributed by atoms with E-state index in [4.69, 9.17) is 10.5 Å². The molecule has 122 valence electrons. The lowest BCUT2D eigenvalue weighted by atomic mass is 10.0. The van der Waals surface area contributed by atoms with Crippen LogP contribution in [0.1, 0.15) is 24.0 Å². The Hall–Kier alpha value is -1.76. The highest BCUT2D eigenvalue weighted by Gasteiger charge is 2.30. The van der Waals surface area contributed by atoms with Crippen molar-refractivity contribution in [2.24, 2.45) is 5.73 Å². The van der Waals surface area contributed by atoms with Gasteiger partial charge in [-0.3, -0.25) is 10.1 Å². The van der Waals surface area contributed by atoms with Crippen LogP contribution in [0.3, 0.4) is 0 Å². The summed E-state index contributed by atoms with van der Waals surface area (Å²) in [6.07, 6.45) is 1.12. The van der Waals surface area contributed by atoms with Gasteiger partial charge in [0.2, 0.25) is 0 Å². The Morgan fingerprint density at radius 1 is 1.43 bits per heavy atom. The van der Waals surface area contributed by atoms with E-state index in [0.29, 0.717) is 18.1 Å². The molecule has 3 rings (SSSR count). The van der Waals surface area contributed by atoms with Gasteiger partial charge in [0.15, 0.2) is 5.13 Å². The Morgan fingerprint density at radius 3 is 2.96 bits per heavy atom. The van der Waals surface area contributed by atoms with Crippen molar-refractivity contribution < 1.29 is 9.53 Å². The number of nitrogens with one attached hydrogen (secondary N) is 1. The first-order valence-corrected chi connectivity index (χ1v) is 8.64. The first-order valence-electron chi connectivity index (χ1n) is 7.76. The molecule has 1 fully saturated rings. The van der Waals surface area contributed by atoms with Gasteiger partial charge in [-0.1, -0.05) is 23.8 Å². The van der Waals surface area contributed by atoms with Gasteiger partial charge in [-0.25, -0.2) is 4.98 Å². The number of aromatic nitrogens is 1. The summed E-state index contributed by atoms with van der Waals surface area (Å²) >= 11 is 1.43. The maximum Gasteiger partial charge on any atom is 0.255 e. The molecule has 2 aromatic rings. The third-order valence-corrected chi connectivity index (χ3v) is 4.81. The second kappa shape index (κ2) is 6.78. The zero-order valence-corrected chi connectivity index (χ0v) is 14.2. The van der Waals surface area contributed by atoms with Crippen molar-refractivity contribution in [1.82, 2.24) is 4.98 Å². The van der Waals surface area contributed by atoms with Crippen molar-refractivity contribution >= 4 is 22.4 Å². The average Bonchev–Trinajstić information content (AvgIpc) is 3.16. The molecule has 23 heavy (non-hydrogen) atoms. The molecule has 6 heteroatoms. The number of nitrogens with zero attached hydrogens (tertiary/aromatic N) is 1. The molecule has 2 heterocycles. The third-order valence-electron chi connectivity index (χ3n) is 4.06. The van der Waals surface area contributed by atoms with E-state index in [1.165, 1.54) is 22.5 Å². The molecule has 0 aliphatic carbocycles. The van der Waals surface area contributed by atoms with Crippen molar-refractivity contribution in [3.8, 4) is 11.3 Å². The minimum Gasteiger partial charge on any atom is -0.364 e. The normalized spacial score (nSPS) is 20.7. The van der Waals surface area contributed by atoms with Gasteiger partial charge in [0.05, 0.1) is 11.8 Å². The van der Waals surface area contributed by atoms with E-state index in [-0.39, 0.29) is 12.0 Å². The van der Waals surface area contributed by atoms with Gasteiger partial charge in [-0.2, -0.15) is 0 Å². The quantitative estimate of drug-likeness (QED) is 0.903. The molecule has 1 aliphatic rings. The highest BCUT2D eigenvalue weighted by Crippen LogP contribution is 2.28. The van der Waals surface area contributed by atoms with Crippen molar-refractivity contribution in [2.75, 3.05) is 11.9 Å². The highest BCUT2D eigenvalue weighted by molar-refractivity contribution is 7.14. The van der Waals surface area contributed by atoms with Crippen LogP contribution in [-0.2, 0) is 9.53 Å². The highest BCUT2D eigenvalue weighted by atomic mass is 32.1. The smallest absolute Gasteiger partial charge is 0.255 e. The van der Waals surface area contributed by atoms with Crippen LogP contribution in [0, 0.1) is 13.8 Å². The molecule has 0 bridgehead atoms. The van der Waals surface area contributed by atoms with Crippen molar-refractivity contribution in [3.63, 3.8) is 0 Å². The Bertz CT molecular complexity index is 714. The van der Waals surface area contributed by atoms with Gasteiger partial charge >= 0.3 is 0 Å². The molecular weight excluding hydrogens is 310 g/mol. The summed E-state index contributed by atoms with van der Waals surface area (Å²) in [7, 11) is 0. The molecule has 1 aromatic heterocycles. The zero-order chi connectivity index (χ0) is 16.4. The Morgan fingerprint density at radius 2 is 2.26 bits per heavy atom. The molecule has 1 aromatic carbocycles. The lowest BCUT2D eigenvalue weighted by molar-refractivity contribution is -0.126. The molecule has 2 atom stereocenters. The number of carbonyl (C=O) groups excluding carboxylic acids is 1. The fraction of sp³-hybridized carbons (Fsp3) is 0.412. The molecule has 3 N–H and O–H groups in total. The molecule has 1 amide bonds. The van der Waals surface area contributed by atoms with Crippen molar-refractivity contribution in [3.05, 3.63) is 34.7 Å². The molecule has 0 unspecified atom stereocenters. The number of anilines is 1. The van der Waals surface area contributed by atoms with E-state index in [1.807, 2.05) is 5.38 Å². The maximum absolute atomic E-state index is 12.2. The molecule has 0 saturated carbocycles. The van der Waals surface area contributed by atoms with Gasteiger partial charge in [0.25, 0.3) is 5.91 Å². The van der Waals surface area contributed by atoms with Crippen LogP contribution in [0.25, 0.3) is 11.3 Å². The minimum absolute atomic E-state index is 0.00665. The summed E-state index contributed by atoms with van der Waals surface area (Å²) in [5.41, 5.74) is 9.95. The summed E-state index contributed by atoms with van der Waals surface area (Å²) in [5.74, 6) is -0.137. The number of rotatable bonds is 4. The summed E-state index contributed by atoms with van der Waals surface area (Å²) < 4.78 is 5.61. The number of hydrogen-bond acceptors (Lipinski definition) is 5. The van der Waals surface area contributed by atoms with Gasteiger partial charge in [-0.15, -0.1) is 11.3 Å². The number of hydrogen-bond donors (Lipinski definition) is 2. The SMILES string of the molecule is Cc1ccc(-c2csc(NC(=O)[C@@H]3CC[C@H](CN)O3)n2)c(C)c1. The molecule has 1 aliphatic heterocycles. The first kappa shape index (κ1) is 16.1. The van der Waals surface area contributed by atoms with Crippen molar-refractivity contribution in [1.29, 1.82) is 0 Å². The fourth-order valence-electron chi connectivity index (χ4n) is 2.81. The van der Waals surface area contributed by atoms with Crippen LogP contribution in [0.5, 0.6) is 0 Å². The standard InChI is InChI=1S/C17H21N3O2S/c1-10-3-5-13(11(2)7-10)14-9-23-17(19-14)20-16(21)15-6-4-12(8-18)22-15/h3,5,7,9,12,15H,4,6,8,18H2,1-2H3,(H,19,20,21)/t12-,15+/m1/s1. The summed E-state index contributed by atoms with van der Waals surface area (Å²) in [5, 5.41) is 5.42. The molecule has 0 radical (unpaired) electrons. The average molecular weight is 331 g/mol. The fourth-order valence-corrected chi connectivity index (χ4v) is 3.53. The van der Waals surface area contributed by atoms with Crippen LogP contribution in [-0.4, -0.2) is 29.6 Å². The van der Waals surface area contributed by atoms with Gasteiger partial charge in [0, 0.05) is 17.5 Å². The Kier molecular flexibility index (Phi) is 4.75. The van der Waals surface area contributed by atoms with E-state index in [9.17, 15) is 4.79 Å². The maximum atomic E-state index is 12.2. The number of benzene rings is 1. The minimum atomic E-state index is -0.419. The van der Waals surface area contributed by atoms with Gasteiger partial charge in [0.1, 0.15) is 6.10 Å². The number of nitrogens with two attached hydrogens (primary N) is 1. The summed E-state index contributed by atoms with van der Waals surface area (Å²) in [6.45, 7) is 4.59. The second-order valence-electron chi connectivity index (χ2n) is 5.91. The lowest BCUT2D eigenvalue weighted by Crippen LogP contribution is -2.29. The summed E-state index contributed by atoms with van der Waals surface area (Å²) in [6, 6.07) is 6.27. The third kappa shape index (κ3) is 3.60. The van der Waals surface area contributed by atoms with E-state index < -0.39 is 6.10 Å². The van der Waals surface area contributed by atoms with Crippen LogP contribution < -0.4 is 11.1 Å². The predicted octanol–water partition coefficient (Wildman–Crippen LogP) is 2.87. The van der Waals surface area contributed by atoms with Crippen molar-refractivity contribution in [2.45, 2.75) is 38.9 Å². The molecule has 0 spiro atoms. The number of amides is 1. The van der Waals surface area contributed by atoms with Gasteiger partial charge < -0.3 is 10.5 Å². The topological polar surface area (TPSA) is 77.2 Å². The lowest BCUT2D eigenvalue weighted by Gasteiger charge is -2.11. The Balaban J connectivity index is 1.69. The monoisotopic (exact) mass is 331 g/mol. The number of aryl methyl sites for hydroxylation is 2. The first-order chi connectivity index (χ1) is 11.1. The van der Waals surface area contributed by atoms with Crippen LogP contribution >= 0.6 is 11.3 Å². The predicted molar refractivity (Wildman–Crippen MR) is 92.6 cm³/mol. The molecule has 1 saturated heterocycles. The van der Waals surface area contributed by atoms with Crippen LogP contribution in [0.2, 0.25) is 0 Å². The van der Waals surface area contributed by atoms with Crippen LogP contribution in [0.15, 0.2) is 23.6 Å². The second-order valence-corrected chi connectivity index (χ2v) is 6.76. The summed E-state index contributed by atoms with van der Waals surface area (Å²) in [4.78, 5) is 16.8. The van der Waals surface area contributed by atoms with Gasteiger partial charge in [-0.05, 0) is 32.3 Å². The molecule has 5 nitrogen and oxygen atoms in total. The van der Waals surface area contributed by atoms with E-state index >= 15 is 0 Å². The Labute approximate surface area is 139 Å². The zero-order valence-electron chi connectivity index (χ0n) is 13.3. The largest absolute Gasteiger partial charge is 0.364 e. The van der Waals surface area contributed by atoms with Crippen LogP contribution in [0.4, 0.5) is 5.13 Å². The molecular formula is C17H21N3O2S. The van der Waals surface area contributed by atoms with E-state index in [2.05, 4.69) is 42.3 Å². The number of carbonyl (C=O) groups is 1. The van der Waals surface area contributed by atoms with E-state index in [0.717, 1.165) is 17.7 Å². The van der Waals surface area contributed by atoms with E-state index in [1.54, 1.807) is 0 Å². The number of ether oxygens (including phenoxy) is 1.